The van der Waals surface area contributed by atoms with Gasteiger partial charge < -0.3 is 15.2 Å². The Kier molecular flexibility index (Phi) is 8.26. The third-order valence-electron chi connectivity index (χ3n) is 7.35. The number of carbonyl (C=O) groups excluding carboxylic acids is 1. The zero-order valence-corrected chi connectivity index (χ0v) is 25.1. The van der Waals surface area contributed by atoms with Crippen LogP contribution in [0.4, 0.5) is 11.4 Å². The van der Waals surface area contributed by atoms with Crippen LogP contribution in [0, 0.1) is 24.0 Å². The third-order valence-corrected chi connectivity index (χ3v) is 8.43. The smallest absolute Gasteiger partial charge is 0.311 e. The summed E-state index contributed by atoms with van der Waals surface area (Å²) in [4.78, 5) is 25.1. The molecular weight excluding hydrogens is 590 g/mol. The monoisotopic (exact) mass is 617 g/mol. The predicted octanol–water partition coefficient (Wildman–Crippen LogP) is 8.87. The van der Waals surface area contributed by atoms with Crippen molar-refractivity contribution < 1.29 is 19.6 Å². The van der Waals surface area contributed by atoms with E-state index in [2.05, 4.69) is 20.8 Å². The molecule has 5 aromatic rings. The molecule has 0 saturated heterocycles. The van der Waals surface area contributed by atoms with Gasteiger partial charge in [0.1, 0.15) is 22.6 Å². The highest BCUT2D eigenvalue weighted by atomic mass is 32.2. The minimum atomic E-state index is -0.541. The summed E-state index contributed by atoms with van der Waals surface area (Å²) in [6.45, 7) is 3.79. The number of phenols is 1. The zero-order chi connectivity index (χ0) is 31.5. The fourth-order valence-corrected chi connectivity index (χ4v) is 5.91. The number of ether oxygens (including phenoxy) is 1. The minimum Gasteiger partial charge on any atom is -0.506 e. The molecule has 10 nitrogen and oxygen atoms in total. The van der Waals surface area contributed by atoms with Gasteiger partial charge in [-0.1, -0.05) is 72.8 Å². The Morgan fingerprint density at radius 1 is 0.956 bits per heavy atom. The van der Waals surface area contributed by atoms with Gasteiger partial charge in [-0.2, -0.15) is 5.11 Å². The highest BCUT2D eigenvalue weighted by Gasteiger charge is 2.25. The van der Waals surface area contributed by atoms with E-state index in [1.807, 2.05) is 62.4 Å². The van der Waals surface area contributed by atoms with Crippen LogP contribution in [0.5, 0.6) is 17.2 Å². The number of nitrogens with zero attached hydrogens (tertiary/aromatic N) is 4. The lowest BCUT2D eigenvalue weighted by molar-refractivity contribution is -0.385. The van der Waals surface area contributed by atoms with E-state index in [1.165, 1.54) is 30.0 Å². The van der Waals surface area contributed by atoms with Crippen LogP contribution in [0.3, 0.4) is 0 Å². The molecule has 2 N–H and O–H groups in total. The molecule has 0 saturated carbocycles. The normalized spacial score (nSPS) is 13.9. The largest absolute Gasteiger partial charge is 0.506 e. The molecule has 1 unspecified atom stereocenters. The van der Waals surface area contributed by atoms with E-state index < -0.39 is 10.8 Å². The zero-order valence-electron chi connectivity index (χ0n) is 24.3. The number of anilines is 1. The Hall–Kier alpha value is -5.55. The number of hydrogen-bond donors (Lipinski definition) is 2. The lowest BCUT2D eigenvalue weighted by Crippen LogP contribution is -2.13. The molecule has 1 atom stereocenters. The van der Waals surface area contributed by atoms with Gasteiger partial charge >= 0.3 is 5.69 Å². The molecule has 1 aliphatic rings. The van der Waals surface area contributed by atoms with Gasteiger partial charge in [0.2, 0.25) is 5.75 Å². The molecule has 1 amide bonds. The second-order valence-electron chi connectivity index (χ2n) is 10.5. The Labute approximate surface area is 262 Å². The molecule has 224 valence electrons. The Balaban J connectivity index is 1.28. The predicted molar refractivity (Wildman–Crippen MR) is 175 cm³/mol. The van der Waals surface area contributed by atoms with Crippen molar-refractivity contribution in [1.29, 1.82) is 0 Å². The van der Waals surface area contributed by atoms with E-state index in [1.54, 1.807) is 30.3 Å². The van der Waals surface area contributed by atoms with Crippen LogP contribution in [0.2, 0.25) is 0 Å². The average molecular weight is 618 g/mol. The summed E-state index contributed by atoms with van der Waals surface area (Å²) in [6.07, 6.45) is 0. The van der Waals surface area contributed by atoms with Crippen molar-refractivity contribution in [3.05, 3.63) is 135 Å². The molecule has 6 rings (SSSR count). The molecule has 1 heterocycles. The van der Waals surface area contributed by atoms with Crippen LogP contribution >= 0.6 is 11.8 Å². The number of aryl methyl sites for hydroxylation is 2. The molecule has 45 heavy (non-hydrogen) atoms. The van der Waals surface area contributed by atoms with Crippen molar-refractivity contribution in [2.24, 2.45) is 15.4 Å². The number of benzene rings is 5. The number of phenolic OH excluding ortho intramolecular Hbond substituents is 1. The van der Waals surface area contributed by atoms with Crippen molar-refractivity contribution >= 4 is 44.9 Å². The summed E-state index contributed by atoms with van der Waals surface area (Å²) in [7, 11) is 0. The van der Waals surface area contributed by atoms with Gasteiger partial charge in [0.25, 0.3) is 5.91 Å². The molecule has 0 radical (unpaired) electrons. The molecule has 0 aromatic heterocycles. The van der Waals surface area contributed by atoms with Gasteiger partial charge in [0, 0.05) is 28.3 Å². The van der Waals surface area contributed by atoms with Crippen LogP contribution in [-0.4, -0.2) is 21.0 Å². The molecular formula is C34H27N5O5S. The van der Waals surface area contributed by atoms with E-state index in [9.17, 15) is 20.0 Å². The van der Waals surface area contributed by atoms with Gasteiger partial charge in [0.15, 0.2) is 0 Å². The van der Waals surface area contributed by atoms with Crippen molar-refractivity contribution in [3.8, 4) is 17.2 Å². The van der Waals surface area contributed by atoms with Crippen LogP contribution in [-0.2, 0) is 5.75 Å². The first-order valence-electron chi connectivity index (χ1n) is 14.0. The van der Waals surface area contributed by atoms with Crippen molar-refractivity contribution in [2.45, 2.75) is 25.6 Å². The molecule has 5 aromatic carbocycles. The van der Waals surface area contributed by atoms with Gasteiger partial charge in [-0.05, 0) is 59.5 Å². The van der Waals surface area contributed by atoms with Gasteiger partial charge in [-0.25, -0.2) is 0 Å². The average Bonchev–Trinajstić information content (AvgIpc) is 3.52. The van der Waals surface area contributed by atoms with Crippen LogP contribution < -0.4 is 10.1 Å². The van der Waals surface area contributed by atoms with E-state index in [0.717, 1.165) is 16.7 Å². The maximum absolute atomic E-state index is 13.4. The maximum atomic E-state index is 13.4. The summed E-state index contributed by atoms with van der Waals surface area (Å²) in [5.74, 6) is -0.172. The summed E-state index contributed by atoms with van der Waals surface area (Å²) in [5, 5.41) is 39.9. The number of nitro benzene ring substituents is 1. The number of carbonyl (C=O) groups is 1. The van der Waals surface area contributed by atoms with E-state index in [0.29, 0.717) is 32.8 Å². The van der Waals surface area contributed by atoms with Crippen molar-refractivity contribution in [3.63, 3.8) is 0 Å². The van der Waals surface area contributed by atoms with E-state index in [4.69, 9.17) is 4.74 Å². The number of aromatic hydroxyl groups is 1. The number of rotatable bonds is 8. The summed E-state index contributed by atoms with van der Waals surface area (Å²) >= 11 is 1.41. The highest BCUT2D eigenvalue weighted by molar-refractivity contribution is 8.13. The maximum Gasteiger partial charge on any atom is 0.311 e. The standard InChI is InChI=1S/C34H27N5O5S/c1-20-12-13-21(2)27(16-20)35-33(41)26-18-30(24-10-6-7-11-25(24)32(26)40)44-29-15-14-22(17-28(29)39(42)43)19-45-34-31(36-38-37-34)23-8-4-3-5-9-23/h3-18,31,40H,19H2,1-2H3,(H,35,41). The quantitative estimate of drug-likeness (QED) is 0.132. The minimum absolute atomic E-state index is 0.00384. The molecule has 1 aliphatic heterocycles. The summed E-state index contributed by atoms with van der Waals surface area (Å²) in [5.41, 5.74) is 3.82. The van der Waals surface area contributed by atoms with Crippen molar-refractivity contribution in [1.82, 2.24) is 0 Å². The molecule has 0 bridgehead atoms. The second kappa shape index (κ2) is 12.6. The van der Waals surface area contributed by atoms with Crippen molar-refractivity contribution in [2.75, 3.05) is 5.32 Å². The highest BCUT2D eigenvalue weighted by Crippen LogP contribution is 2.41. The van der Waals surface area contributed by atoms with Crippen LogP contribution in [0.15, 0.2) is 113 Å². The Morgan fingerprint density at radius 2 is 1.71 bits per heavy atom. The van der Waals surface area contributed by atoms with E-state index >= 15 is 0 Å². The fourth-order valence-electron chi connectivity index (χ4n) is 4.98. The fraction of sp³-hybridized carbons (Fsp3) is 0.118. The summed E-state index contributed by atoms with van der Waals surface area (Å²) in [6, 6.07) is 28.0. The molecule has 11 heteroatoms. The lowest BCUT2D eigenvalue weighted by atomic mass is 10.0. The SMILES string of the molecule is Cc1ccc(C)c(NC(=O)c2cc(Oc3ccc(CSC4=NN=NC4c4ccccc4)cc3[N+](=O)[O-])c3ccccc3c2O)c1. The van der Waals surface area contributed by atoms with Crippen LogP contribution in [0.1, 0.15) is 38.7 Å². The number of nitrogens with one attached hydrogen (secondary N) is 1. The van der Waals surface area contributed by atoms with E-state index in [-0.39, 0.29) is 34.5 Å². The topological polar surface area (TPSA) is 139 Å². The number of hydrogen-bond acceptors (Lipinski definition) is 9. The third kappa shape index (κ3) is 6.24. The first kappa shape index (κ1) is 29.5. The summed E-state index contributed by atoms with van der Waals surface area (Å²) < 4.78 is 6.14. The van der Waals surface area contributed by atoms with Gasteiger partial charge in [-0.3, -0.25) is 14.9 Å². The Bertz CT molecular complexity index is 2010. The molecule has 0 spiro atoms. The van der Waals surface area contributed by atoms with Crippen LogP contribution in [0.25, 0.3) is 10.8 Å². The Morgan fingerprint density at radius 3 is 2.49 bits per heavy atom. The molecule has 0 fully saturated rings. The first-order chi connectivity index (χ1) is 21.8. The first-order valence-corrected chi connectivity index (χ1v) is 15.0. The number of nitro groups is 1. The number of amides is 1. The molecule has 0 aliphatic carbocycles. The van der Waals surface area contributed by atoms with Gasteiger partial charge in [0.05, 0.1) is 10.5 Å². The lowest BCUT2D eigenvalue weighted by Gasteiger charge is -2.15. The number of thioether (sulfide) groups is 1. The number of fused-ring (bicyclic) bond motifs is 1. The second-order valence-corrected chi connectivity index (χ2v) is 11.5. The van der Waals surface area contributed by atoms with Gasteiger partial charge in [-0.15, -0.1) is 16.9 Å².